The van der Waals surface area contributed by atoms with Crippen molar-refractivity contribution in [2.75, 3.05) is 12.4 Å². The monoisotopic (exact) mass is 434 g/mol. The third kappa shape index (κ3) is 5.66. The molecule has 164 valence electrons. The lowest BCUT2D eigenvalue weighted by Gasteiger charge is -2.08. The SMILES string of the molecule is COc1ccc(NC(=O)CC(C)=NNC(=O)Cc2cccc3ccccc23)c([N+](=O)[O-])c1. The standard InChI is InChI=1S/C23H22N4O5/c1-15(12-22(28)24-20-11-10-18(32-2)14-21(20)27(30)31)25-26-23(29)13-17-8-5-7-16-6-3-4-9-19(16)17/h3-11,14H,12-13H2,1-2H3,(H,24,28)(H,26,29). The molecule has 0 unspecified atom stereocenters. The summed E-state index contributed by atoms with van der Waals surface area (Å²) >= 11 is 0. The van der Waals surface area contributed by atoms with Crippen molar-refractivity contribution in [1.82, 2.24) is 5.43 Å². The summed E-state index contributed by atoms with van der Waals surface area (Å²) in [6, 6.07) is 17.7. The zero-order valence-corrected chi connectivity index (χ0v) is 17.6. The molecule has 2 N–H and O–H groups in total. The van der Waals surface area contributed by atoms with E-state index in [-0.39, 0.29) is 30.1 Å². The highest BCUT2D eigenvalue weighted by atomic mass is 16.6. The molecule has 3 aromatic carbocycles. The number of methoxy groups -OCH3 is 1. The largest absolute Gasteiger partial charge is 0.496 e. The molecule has 2 amide bonds. The number of nitrogens with one attached hydrogen (secondary N) is 2. The maximum absolute atomic E-state index is 12.3. The summed E-state index contributed by atoms with van der Waals surface area (Å²) in [7, 11) is 1.39. The lowest BCUT2D eigenvalue weighted by molar-refractivity contribution is -0.384. The van der Waals surface area contributed by atoms with Gasteiger partial charge in [-0.25, -0.2) is 5.43 Å². The predicted octanol–water partition coefficient (Wildman–Crippen LogP) is 3.82. The van der Waals surface area contributed by atoms with Crippen molar-refractivity contribution in [2.45, 2.75) is 19.8 Å². The second-order valence-corrected chi connectivity index (χ2v) is 7.06. The number of carbonyl (C=O) groups excluding carboxylic acids is 2. The highest BCUT2D eigenvalue weighted by Crippen LogP contribution is 2.29. The summed E-state index contributed by atoms with van der Waals surface area (Å²) in [5, 5.41) is 19.7. The molecule has 0 saturated heterocycles. The Morgan fingerprint density at radius 2 is 1.81 bits per heavy atom. The fourth-order valence-corrected chi connectivity index (χ4v) is 3.18. The number of hydrogen-bond acceptors (Lipinski definition) is 6. The molecule has 0 aromatic heterocycles. The maximum Gasteiger partial charge on any atom is 0.296 e. The first kappa shape index (κ1) is 22.4. The van der Waals surface area contributed by atoms with E-state index in [1.54, 1.807) is 6.92 Å². The smallest absolute Gasteiger partial charge is 0.296 e. The highest BCUT2D eigenvalue weighted by Gasteiger charge is 2.17. The molecule has 0 aliphatic rings. The number of nitro benzene ring substituents is 1. The summed E-state index contributed by atoms with van der Waals surface area (Å²) in [6.07, 6.45) is 0.000103. The van der Waals surface area contributed by atoms with Gasteiger partial charge in [-0.3, -0.25) is 19.7 Å². The second kappa shape index (κ2) is 10.2. The quantitative estimate of drug-likeness (QED) is 0.317. The predicted molar refractivity (Wildman–Crippen MR) is 122 cm³/mol. The van der Waals surface area contributed by atoms with Crippen molar-refractivity contribution in [3.63, 3.8) is 0 Å². The molecule has 32 heavy (non-hydrogen) atoms. The molecule has 0 heterocycles. The average molecular weight is 434 g/mol. The molecular weight excluding hydrogens is 412 g/mol. The number of hydrogen-bond donors (Lipinski definition) is 2. The number of carbonyl (C=O) groups is 2. The minimum Gasteiger partial charge on any atom is -0.496 e. The first-order valence-corrected chi connectivity index (χ1v) is 9.78. The lowest BCUT2D eigenvalue weighted by Crippen LogP contribution is -2.23. The first-order valence-electron chi connectivity index (χ1n) is 9.78. The van der Waals surface area contributed by atoms with Gasteiger partial charge in [-0.15, -0.1) is 0 Å². The van der Waals surface area contributed by atoms with Crippen LogP contribution >= 0.6 is 0 Å². The molecule has 0 radical (unpaired) electrons. The molecule has 0 aliphatic heterocycles. The van der Waals surface area contributed by atoms with E-state index in [2.05, 4.69) is 15.8 Å². The van der Waals surface area contributed by atoms with Gasteiger partial charge in [0.25, 0.3) is 5.69 Å². The van der Waals surface area contributed by atoms with Gasteiger partial charge in [-0.1, -0.05) is 42.5 Å². The van der Waals surface area contributed by atoms with Crippen molar-refractivity contribution in [1.29, 1.82) is 0 Å². The van der Waals surface area contributed by atoms with E-state index in [0.29, 0.717) is 11.5 Å². The van der Waals surface area contributed by atoms with Crippen LogP contribution < -0.4 is 15.5 Å². The van der Waals surface area contributed by atoms with Crippen molar-refractivity contribution < 1.29 is 19.2 Å². The third-order valence-electron chi connectivity index (χ3n) is 4.69. The number of hydrazone groups is 1. The Kier molecular flexibility index (Phi) is 7.12. The van der Waals surface area contributed by atoms with E-state index in [1.165, 1.54) is 25.3 Å². The Morgan fingerprint density at radius 1 is 1.06 bits per heavy atom. The van der Waals surface area contributed by atoms with Crippen molar-refractivity contribution in [2.24, 2.45) is 5.10 Å². The van der Waals surface area contributed by atoms with Crippen LogP contribution in [-0.4, -0.2) is 29.6 Å². The second-order valence-electron chi connectivity index (χ2n) is 7.06. The van der Waals surface area contributed by atoms with Gasteiger partial charge in [0.2, 0.25) is 11.8 Å². The Balaban J connectivity index is 1.59. The molecule has 0 spiro atoms. The van der Waals surface area contributed by atoms with E-state index in [4.69, 9.17) is 4.74 Å². The van der Waals surface area contributed by atoms with Crippen LogP contribution in [0.25, 0.3) is 10.8 Å². The van der Waals surface area contributed by atoms with E-state index in [9.17, 15) is 19.7 Å². The molecule has 9 nitrogen and oxygen atoms in total. The minimum atomic E-state index is -0.605. The van der Waals surface area contributed by atoms with Crippen LogP contribution in [0, 0.1) is 10.1 Å². The summed E-state index contributed by atoms with van der Waals surface area (Å²) in [4.78, 5) is 35.2. The molecular formula is C23H22N4O5. The Bertz CT molecular complexity index is 1200. The number of rotatable bonds is 8. The Morgan fingerprint density at radius 3 is 2.56 bits per heavy atom. The molecule has 9 heteroatoms. The lowest BCUT2D eigenvalue weighted by atomic mass is 10.0. The number of ether oxygens (including phenoxy) is 1. The number of amides is 2. The van der Waals surface area contributed by atoms with Crippen LogP contribution in [-0.2, 0) is 16.0 Å². The van der Waals surface area contributed by atoms with Crippen LogP contribution in [0.2, 0.25) is 0 Å². The van der Waals surface area contributed by atoms with Gasteiger partial charge in [0.15, 0.2) is 0 Å². The molecule has 0 bridgehead atoms. The fourth-order valence-electron chi connectivity index (χ4n) is 3.18. The van der Waals surface area contributed by atoms with Gasteiger partial charge in [-0.05, 0) is 35.4 Å². The molecule has 0 aliphatic carbocycles. The average Bonchev–Trinajstić information content (AvgIpc) is 2.78. The Labute approximate surface area is 184 Å². The van der Waals surface area contributed by atoms with Crippen LogP contribution in [0.5, 0.6) is 5.75 Å². The molecule has 3 aromatic rings. The minimum absolute atomic E-state index is 0.0496. The number of nitrogens with zero attached hydrogens (tertiary/aromatic N) is 2. The summed E-state index contributed by atoms with van der Waals surface area (Å²) in [6.45, 7) is 1.58. The van der Waals surface area contributed by atoms with E-state index < -0.39 is 10.8 Å². The number of benzene rings is 3. The number of nitro groups is 1. The maximum atomic E-state index is 12.3. The first-order chi connectivity index (χ1) is 15.4. The van der Waals surface area contributed by atoms with Gasteiger partial charge in [0.1, 0.15) is 11.4 Å². The van der Waals surface area contributed by atoms with Crippen molar-refractivity contribution in [3.05, 3.63) is 76.3 Å². The summed E-state index contributed by atoms with van der Waals surface area (Å²) < 4.78 is 4.97. The van der Waals surface area contributed by atoms with Gasteiger partial charge in [0.05, 0.1) is 30.9 Å². The summed E-state index contributed by atoms with van der Waals surface area (Å²) in [5.41, 5.74) is 3.45. The van der Waals surface area contributed by atoms with Gasteiger partial charge in [-0.2, -0.15) is 5.10 Å². The normalized spacial score (nSPS) is 11.1. The molecule has 3 rings (SSSR count). The zero-order valence-electron chi connectivity index (χ0n) is 17.6. The van der Waals surface area contributed by atoms with E-state index in [0.717, 1.165) is 16.3 Å². The zero-order chi connectivity index (χ0) is 23.1. The van der Waals surface area contributed by atoms with E-state index in [1.807, 2.05) is 42.5 Å². The summed E-state index contributed by atoms with van der Waals surface area (Å²) in [5.74, 6) is -0.504. The topological polar surface area (TPSA) is 123 Å². The number of fused-ring (bicyclic) bond motifs is 1. The van der Waals surface area contributed by atoms with Crippen molar-refractivity contribution in [3.8, 4) is 5.75 Å². The number of anilines is 1. The van der Waals surface area contributed by atoms with Crippen molar-refractivity contribution >= 4 is 39.7 Å². The molecule has 0 saturated carbocycles. The van der Waals surface area contributed by atoms with Crippen LogP contribution in [0.15, 0.2) is 65.8 Å². The van der Waals surface area contributed by atoms with Crippen LogP contribution in [0.1, 0.15) is 18.9 Å². The van der Waals surface area contributed by atoms with Gasteiger partial charge < -0.3 is 10.1 Å². The van der Waals surface area contributed by atoms with Crippen LogP contribution in [0.3, 0.4) is 0 Å². The Hall–Kier alpha value is -4.27. The van der Waals surface area contributed by atoms with E-state index >= 15 is 0 Å². The molecule has 0 atom stereocenters. The fraction of sp³-hybridized carbons (Fsp3) is 0.174. The molecule has 0 fully saturated rings. The highest BCUT2D eigenvalue weighted by molar-refractivity contribution is 6.06. The van der Waals surface area contributed by atoms with Gasteiger partial charge in [0, 0.05) is 5.71 Å². The van der Waals surface area contributed by atoms with Gasteiger partial charge >= 0.3 is 0 Å². The third-order valence-corrected chi connectivity index (χ3v) is 4.69. The van der Waals surface area contributed by atoms with Crippen LogP contribution in [0.4, 0.5) is 11.4 Å².